The van der Waals surface area contributed by atoms with E-state index in [0.717, 1.165) is 23.6 Å². The van der Waals surface area contributed by atoms with Crippen molar-refractivity contribution in [1.82, 2.24) is 19.6 Å². The lowest BCUT2D eigenvalue weighted by Gasteiger charge is -2.10. The lowest BCUT2D eigenvalue weighted by molar-refractivity contribution is 0.657. The highest BCUT2D eigenvalue weighted by molar-refractivity contribution is 7.80. The Balaban J connectivity index is 1.41. The predicted octanol–water partition coefficient (Wildman–Crippen LogP) is 4.91. The number of thiocarbonyl (C=S) groups is 1. The van der Waals surface area contributed by atoms with Gasteiger partial charge in [-0.05, 0) is 49.7 Å². The van der Waals surface area contributed by atoms with E-state index in [9.17, 15) is 0 Å². The molecule has 0 saturated carbocycles. The molecular weight excluding hydrogens is 404 g/mol. The lowest BCUT2D eigenvalue weighted by atomic mass is 10.1. The van der Waals surface area contributed by atoms with Crippen molar-refractivity contribution < 1.29 is 0 Å². The van der Waals surface area contributed by atoms with Crippen LogP contribution < -0.4 is 10.6 Å². The molecule has 4 rings (SSSR count). The molecule has 2 aromatic heterocycles. The van der Waals surface area contributed by atoms with Crippen molar-refractivity contribution in [2.45, 2.75) is 33.9 Å². The molecule has 0 aliphatic rings. The number of hydrogen-bond donors (Lipinski definition) is 2. The van der Waals surface area contributed by atoms with Gasteiger partial charge in [0.2, 0.25) is 0 Å². The Morgan fingerprint density at radius 1 is 0.871 bits per heavy atom. The smallest absolute Gasteiger partial charge is 0.176 e. The van der Waals surface area contributed by atoms with E-state index >= 15 is 0 Å². The van der Waals surface area contributed by atoms with Gasteiger partial charge in [-0.3, -0.25) is 9.36 Å². The molecule has 0 amide bonds. The van der Waals surface area contributed by atoms with Gasteiger partial charge in [0.05, 0.1) is 30.2 Å². The minimum absolute atomic E-state index is 0.492. The second-order valence-corrected chi connectivity index (χ2v) is 8.00. The van der Waals surface area contributed by atoms with Gasteiger partial charge in [-0.2, -0.15) is 10.2 Å². The van der Waals surface area contributed by atoms with Gasteiger partial charge in [0.25, 0.3) is 0 Å². The van der Waals surface area contributed by atoms with Crippen molar-refractivity contribution in [3.8, 4) is 0 Å². The minimum Gasteiger partial charge on any atom is -0.329 e. The van der Waals surface area contributed by atoms with Crippen LogP contribution in [-0.2, 0) is 13.1 Å². The summed E-state index contributed by atoms with van der Waals surface area (Å²) in [4.78, 5) is 0. The first-order valence-electron chi connectivity index (χ1n) is 10.2. The SMILES string of the molecule is Cc1ccccc1Cn1nc(C)c(NC(=S)Nc2ccn(Cc3ccccc3)n2)c1C. The summed E-state index contributed by atoms with van der Waals surface area (Å²) in [6.07, 6.45) is 1.94. The topological polar surface area (TPSA) is 59.7 Å². The van der Waals surface area contributed by atoms with Crippen molar-refractivity contribution >= 4 is 28.8 Å². The number of benzene rings is 2. The molecule has 0 fully saturated rings. The first kappa shape index (κ1) is 20.8. The number of anilines is 2. The monoisotopic (exact) mass is 430 g/mol. The molecule has 0 aliphatic carbocycles. The van der Waals surface area contributed by atoms with E-state index in [1.165, 1.54) is 16.7 Å². The zero-order valence-electron chi connectivity index (χ0n) is 18.0. The summed E-state index contributed by atoms with van der Waals surface area (Å²) in [6.45, 7) is 7.60. The first-order valence-corrected chi connectivity index (χ1v) is 10.6. The minimum atomic E-state index is 0.492. The van der Waals surface area contributed by atoms with Gasteiger partial charge in [-0.1, -0.05) is 54.6 Å². The van der Waals surface area contributed by atoms with E-state index < -0.39 is 0 Å². The average molecular weight is 431 g/mol. The van der Waals surface area contributed by atoms with E-state index in [4.69, 9.17) is 17.3 Å². The summed E-state index contributed by atoms with van der Waals surface area (Å²) in [7, 11) is 0. The Morgan fingerprint density at radius 2 is 1.61 bits per heavy atom. The molecule has 0 saturated heterocycles. The fourth-order valence-corrected chi connectivity index (χ4v) is 3.74. The lowest BCUT2D eigenvalue weighted by Crippen LogP contribution is -2.20. The van der Waals surface area contributed by atoms with E-state index in [2.05, 4.69) is 66.0 Å². The van der Waals surface area contributed by atoms with E-state index in [0.29, 0.717) is 17.5 Å². The average Bonchev–Trinajstić information content (AvgIpc) is 3.29. The molecule has 0 atom stereocenters. The Kier molecular flexibility index (Phi) is 6.13. The molecule has 0 bridgehead atoms. The van der Waals surface area contributed by atoms with Crippen LogP contribution >= 0.6 is 12.2 Å². The molecule has 0 radical (unpaired) electrons. The van der Waals surface area contributed by atoms with Crippen molar-refractivity contribution in [1.29, 1.82) is 0 Å². The highest BCUT2D eigenvalue weighted by atomic mass is 32.1. The van der Waals surface area contributed by atoms with Crippen LogP contribution in [0.25, 0.3) is 0 Å². The van der Waals surface area contributed by atoms with Crippen molar-refractivity contribution in [3.63, 3.8) is 0 Å². The maximum atomic E-state index is 5.53. The molecule has 2 aromatic carbocycles. The summed E-state index contributed by atoms with van der Waals surface area (Å²) >= 11 is 5.53. The largest absolute Gasteiger partial charge is 0.329 e. The molecule has 6 nitrogen and oxygen atoms in total. The Labute approximate surface area is 187 Å². The van der Waals surface area contributed by atoms with Crippen LogP contribution in [0.4, 0.5) is 11.5 Å². The van der Waals surface area contributed by atoms with Crippen LogP contribution in [0.15, 0.2) is 66.9 Å². The maximum Gasteiger partial charge on any atom is 0.176 e. The zero-order valence-corrected chi connectivity index (χ0v) is 18.8. The van der Waals surface area contributed by atoms with Crippen molar-refractivity contribution in [2.75, 3.05) is 10.6 Å². The summed E-state index contributed by atoms with van der Waals surface area (Å²) in [5.41, 5.74) is 6.58. The second kappa shape index (κ2) is 9.14. The van der Waals surface area contributed by atoms with Crippen LogP contribution in [-0.4, -0.2) is 24.7 Å². The number of nitrogens with one attached hydrogen (secondary N) is 2. The highest BCUT2D eigenvalue weighted by Gasteiger charge is 2.14. The first-order chi connectivity index (χ1) is 15.0. The normalized spacial score (nSPS) is 10.8. The molecule has 0 unspecified atom stereocenters. The van der Waals surface area contributed by atoms with Crippen LogP contribution in [0.3, 0.4) is 0 Å². The third kappa shape index (κ3) is 5.00. The Bertz CT molecular complexity index is 1190. The second-order valence-electron chi connectivity index (χ2n) is 7.59. The van der Waals surface area contributed by atoms with Crippen molar-refractivity contribution in [2.24, 2.45) is 0 Å². The van der Waals surface area contributed by atoms with Gasteiger partial charge >= 0.3 is 0 Å². The Morgan fingerprint density at radius 3 is 2.39 bits per heavy atom. The summed E-state index contributed by atoms with van der Waals surface area (Å²) in [5, 5.41) is 16.2. The van der Waals surface area contributed by atoms with Gasteiger partial charge in [-0.15, -0.1) is 0 Å². The molecule has 158 valence electrons. The fourth-order valence-electron chi connectivity index (χ4n) is 3.53. The standard InChI is InChI=1S/C24H26N6S/c1-17-9-7-8-12-21(17)16-30-19(3)23(18(2)27-30)26-24(31)25-22-13-14-29(28-22)15-20-10-5-4-6-11-20/h4-14H,15-16H2,1-3H3,(H2,25,26,28,31). The molecule has 0 spiro atoms. The van der Waals surface area contributed by atoms with Crippen LogP contribution in [0.5, 0.6) is 0 Å². The van der Waals surface area contributed by atoms with E-state index in [-0.39, 0.29) is 0 Å². The molecular formula is C24H26N6S. The summed E-state index contributed by atoms with van der Waals surface area (Å²) in [6, 6.07) is 20.5. The number of aryl methyl sites for hydroxylation is 2. The maximum absolute atomic E-state index is 5.53. The van der Waals surface area contributed by atoms with Gasteiger partial charge in [-0.25, -0.2) is 0 Å². The summed E-state index contributed by atoms with van der Waals surface area (Å²) in [5.74, 6) is 0.705. The molecule has 7 heteroatoms. The third-order valence-corrected chi connectivity index (χ3v) is 5.48. The van der Waals surface area contributed by atoms with Crippen LogP contribution in [0.2, 0.25) is 0 Å². The van der Waals surface area contributed by atoms with Crippen LogP contribution in [0, 0.1) is 20.8 Å². The number of rotatable bonds is 6. The number of aromatic nitrogens is 4. The highest BCUT2D eigenvalue weighted by Crippen LogP contribution is 2.21. The summed E-state index contributed by atoms with van der Waals surface area (Å²) < 4.78 is 3.90. The molecule has 2 N–H and O–H groups in total. The van der Waals surface area contributed by atoms with Crippen LogP contribution in [0.1, 0.15) is 28.1 Å². The predicted molar refractivity (Wildman–Crippen MR) is 130 cm³/mol. The molecule has 2 heterocycles. The molecule has 31 heavy (non-hydrogen) atoms. The number of hydrogen-bond acceptors (Lipinski definition) is 3. The van der Waals surface area contributed by atoms with Crippen molar-refractivity contribution in [3.05, 3.63) is 94.9 Å². The van der Waals surface area contributed by atoms with Gasteiger partial charge in [0.1, 0.15) is 0 Å². The van der Waals surface area contributed by atoms with E-state index in [1.54, 1.807) is 0 Å². The zero-order chi connectivity index (χ0) is 21.8. The van der Waals surface area contributed by atoms with E-state index in [1.807, 2.05) is 46.7 Å². The van der Waals surface area contributed by atoms with Gasteiger partial charge < -0.3 is 10.6 Å². The number of nitrogens with zero attached hydrogens (tertiary/aromatic N) is 4. The van der Waals surface area contributed by atoms with Gasteiger partial charge in [0, 0.05) is 12.3 Å². The quantitative estimate of drug-likeness (QED) is 0.426. The van der Waals surface area contributed by atoms with Gasteiger partial charge in [0.15, 0.2) is 10.9 Å². The Hall–Kier alpha value is -3.45. The molecule has 0 aliphatic heterocycles. The molecule has 4 aromatic rings. The third-order valence-electron chi connectivity index (χ3n) is 5.27. The fraction of sp³-hybridized carbons (Fsp3) is 0.208.